The predicted molar refractivity (Wildman–Crippen MR) is 77.8 cm³/mol. The Kier molecular flexibility index (Phi) is 4.04. The molecule has 0 spiro atoms. The van der Waals surface area contributed by atoms with Crippen molar-refractivity contribution >= 4 is 15.9 Å². The van der Waals surface area contributed by atoms with Gasteiger partial charge in [-0.2, -0.15) is 0 Å². The van der Waals surface area contributed by atoms with E-state index in [1.807, 2.05) is 32.0 Å². The summed E-state index contributed by atoms with van der Waals surface area (Å²) in [4.78, 5) is -0.344. The summed E-state index contributed by atoms with van der Waals surface area (Å²) in [6.45, 7) is 5.54. The van der Waals surface area contributed by atoms with E-state index < -0.39 is 0 Å². The second-order valence-electron chi connectivity index (χ2n) is 4.85. The first-order valence-electron chi connectivity index (χ1n) is 6.07. The monoisotopic (exact) mass is 324 g/mol. The maximum absolute atomic E-state index is 14.0. The molecule has 0 aliphatic rings. The number of rotatable bonds is 2. The zero-order chi connectivity index (χ0) is 14.2. The standard InChI is InChI=1S/C16H15BrF2/c1-9-4-5-12(10(2)6-9)16(17)13-8-14(18)11(3)7-15(13)19/h4-8,16H,1-3H3. The molecule has 0 aromatic heterocycles. The zero-order valence-electron chi connectivity index (χ0n) is 11.1. The second-order valence-corrected chi connectivity index (χ2v) is 5.76. The van der Waals surface area contributed by atoms with E-state index in [4.69, 9.17) is 0 Å². The van der Waals surface area contributed by atoms with Gasteiger partial charge in [0.15, 0.2) is 0 Å². The van der Waals surface area contributed by atoms with Crippen molar-refractivity contribution in [2.45, 2.75) is 25.6 Å². The second kappa shape index (κ2) is 5.41. The Labute approximate surface area is 120 Å². The Morgan fingerprint density at radius 1 is 0.842 bits per heavy atom. The molecule has 2 rings (SSSR count). The van der Waals surface area contributed by atoms with E-state index in [1.54, 1.807) is 6.92 Å². The molecule has 2 aromatic carbocycles. The van der Waals surface area contributed by atoms with Crippen LogP contribution in [-0.4, -0.2) is 0 Å². The molecule has 0 N–H and O–H groups in total. The number of alkyl halides is 1. The first kappa shape index (κ1) is 14.2. The molecular formula is C16H15BrF2. The van der Waals surface area contributed by atoms with Gasteiger partial charge in [-0.15, -0.1) is 0 Å². The van der Waals surface area contributed by atoms with Crippen LogP contribution in [0.15, 0.2) is 30.3 Å². The molecule has 0 amide bonds. The number of hydrogen-bond acceptors (Lipinski definition) is 0. The van der Waals surface area contributed by atoms with Crippen molar-refractivity contribution in [1.29, 1.82) is 0 Å². The summed E-state index contributed by atoms with van der Waals surface area (Å²) in [7, 11) is 0. The van der Waals surface area contributed by atoms with Crippen LogP contribution in [0.2, 0.25) is 0 Å². The molecule has 0 heterocycles. The van der Waals surface area contributed by atoms with Crippen molar-refractivity contribution < 1.29 is 8.78 Å². The van der Waals surface area contributed by atoms with Gasteiger partial charge in [-0.25, -0.2) is 8.78 Å². The molecule has 0 aliphatic carbocycles. The van der Waals surface area contributed by atoms with Crippen LogP contribution in [0.25, 0.3) is 0 Å². The smallest absolute Gasteiger partial charge is 0.128 e. The molecule has 0 nitrogen and oxygen atoms in total. The third-order valence-corrected chi connectivity index (χ3v) is 4.24. The van der Waals surface area contributed by atoms with Crippen molar-refractivity contribution in [3.63, 3.8) is 0 Å². The Bertz CT molecular complexity index is 620. The summed E-state index contributed by atoms with van der Waals surface area (Å²) in [5.74, 6) is -0.772. The summed E-state index contributed by atoms with van der Waals surface area (Å²) >= 11 is 3.47. The number of hydrogen-bond donors (Lipinski definition) is 0. The molecule has 100 valence electrons. The van der Waals surface area contributed by atoms with Crippen molar-refractivity contribution in [2.24, 2.45) is 0 Å². The van der Waals surface area contributed by atoms with Gasteiger partial charge in [0.1, 0.15) is 11.6 Å². The van der Waals surface area contributed by atoms with Crippen LogP contribution in [-0.2, 0) is 0 Å². The topological polar surface area (TPSA) is 0 Å². The van der Waals surface area contributed by atoms with Gasteiger partial charge in [-0.05, 0) is 49.6 Å². The fourth-order valence-electron chi connectivity index (χ4n) is 2.13. The van der Waals surface area contributed by atoms with E-state index >= 15 is 0 Å². The maximum Gasteiger partial charge on any atom is 0.128 e. The van der Waals surface area contributed by atoms with E-state index in [2.05, 4.69) is 15.9 Å². The fourth-order valence-corrected chi connectivity index (χ4v) is 3.00. The van der Waals surface area contributed by atoms with Gasteiger partial charge in [0.2, 0.25) is 0 Å². The average molecular weight is 325 g/mol. The van der Waals surface area contributed by atoms with Crippen LogP contribution in [0.4, 0.5) is 8.78 Å². The van der Waals surface area contributed by atoms with Gasteiger partial charge in [0.25, 0.3) is 0 Å². The molecule has 19 heavy (non-hydrogen) atoms. The lowest BCUT2D eigenvalue weighted by atomic mass is 9.97. The van der Waals surface area contributed by atoms with Gasteiger partial charge in [-0.1, -0.05) is 39.7 Å². The van der Waals surface area contributed by atoms with Gasteiger partial charge < -0.3 is 0 Å². The van der Waals surface area contributed by atoms with Gasteiger partial charge in [0, 0.05) is 5.56 Å². The van der Waals surface area contributed by atoms with E-state index in [9.17, 15) is 8.78 Å². The van der Waals surface area contributed by atoms with Crippen LogP contribution in [0, 0.1) is 32.4 Å². The Balaban J connectivity index is 2.49. The molecule has 0 radical (unpaired) electrons. The lowest BCUT2D eigenvalue weighted by Crippen LogP contribution is -2.01. The third-order valence-electron chi connectivity index (χ3n) is 3.25. The first-order chi connectivity index (χ1) is 8.90. The van der Waals surface area contributed by atoms with Crippen LogP contribution in [0.1, 0.15) is 32.6 Å². The fraction of sp³-hybridized carbons (Fsp3) is 0.250. The summed E-state index contributed by atoms with van der Waals surface area (Å²) in [6.07, 6.45) is 0. The van der Waals surface area contributed by atoms with E-state index in [0.717, 1.165) is 16.7 Å². The average Bonchev–Trinajstić information content (AvgIpc) is 2.33. The SMILES string of the molecule is Cc1ccc(C(Br)c2cc(F)c(C)cc2F)c(C)c1. The first-order valence-corrected chi connectivity index (χ1v) is 6.98. The van der Waals surface area contributed by atoms with Gasteiger partial charge in [0.05, 0.1) is 4.83 Å². The van der Waals surface area contributed by atoms with Gasteiger partial charge in [-0.3, -0.25) is 0 Å². The Hall–Kier alpha value is -1.22. The van der Waals surface area contributed by atoms with Crippen LogP contribution in [0.3, 0.4) is 0 Å². The normalized spacial score (nSPS) is 12.5. The lowest BCUT2D eigenvalue weighted by molar-refractivity contribution is 0.581. The lowest BCUT2D eigenvalue weighted by Gasteiger charge is -2.15. The van der Waals surface area contributed by atoms with Crippen LogP contribution in [0.5, 0.6) is 0 Å². The van der Waals surface area contributed by atoms with E-state index in [-0.39, 0.29) is 16.5 Å². The third kappa shape index (κ3) is 2.86. The summed E-state index contributed by atoms with van der Waals surface area (Å²) in [5, 5.41) is 0. The molecule has 1 atom stereocenters. The van der Waals surface area contributed by atoms with Crippen LogP contribution < -0.4 is 0 Å². The highest BCUT2D eigenvalue weighted by Crippen LogP contribution is 2.35. The molecule has 0 aliphatic heterocycles. The van der Waals surface area contributed by atoms with E-state index in [0.29, 0.717) is 11.1 Å². The molecule has 2 aromatic rings. The highest BCUT2D eigenvalue weighted by Gasteiger charge is 2.18. The van der Waals surface area contributed by atoms with Crippen molar-refractivity contribution in [3.8, 4) is 0 Å². The minimum Gasteiger partial charge on any atom is -0.207 e. The molecular weight excluding hydrogens is 310 g/mol. The number of benzene rings is 2. The van der Waals surface area contributed by atoms with Crippen molar-refractivity contribution in [1.82, 2.24) is 0 Å². The quantitative estimate of drug-likeness (QED) is 0.651. The molecule has 1 unspecified atom stereocenters. The zero-order valence-corrected chi connectivity index (χ0v) is 12.7. The number of halogens is 3. The van der Waals surface area contributed by atoms with Gasteiger partial charge >= 0.3 is 0 Å². The molecule has 0 saturated carbocycles. The summed E-state index contributed by atoms with van der Waals surface area (Å²) in [6, 6.07) is 8.46. The predicted octanol–water partition coefficient (Wildman–Crippen LogP) is 5.37. The van der Waals surface area contributed by atoms with Crippen molar-refractivity contribution in [3.05, 3.63) is 69.8 Å². The maximum atomic E-state index is 14.0. The highest BCUT2D eigenvalue weighted by atomic mass is 79.9. The van der Waals surface area contributed by atoms with Crippen LogP contribution >= 0.6 is 15.9 Å². The minimum atomic E-state index is -0.388. The number of aryl methyl sites for hydroxylation is 3. The van der Waals surface area contributed by atoms with E-state index in [1.165, 1.54) is 12.1 Å². The molecule has 3 heteroatoms. The minimum absolute atomic E-state index is 0.321. The summed E-state index contributed by atoms with van der Waals surface area (Å²) < 4.78 is 27.6. The largest absolute Gasteiger partial charge is 0.207 e. The molecule has 0 saturated heterocycles. The molecule has 0 bridgehead atoms. The Morgan fingerprint density at radius 3 is 2.16 bits per heavy atom. The highest BCUT2D eigenvalue weighted by molar-refractivity contribution is 9.09. The Morgan fingerprint density at radius 2 is 1.53 bits per heavy atom. The summed E-state index contributed by atoms with van der Waals surface area (Å²) in [5.41, 5.74) is 3.81. The molecule has 0 fully saturated rings. The van der Waals surface area contributed by atoms with Crippen molar-refractivity contribution in [2.75, 3.05) is 0 Å².